The summed E-state index contributed by atoms with van der Waals surface area (Å²) < 4.78 is 18.9. The first kappa shape index (κ1) is 35.6. The molecular formula is C34H48N12O3. The summed E-state index contributed by atoms with van der Waals surface area (Å²) in [6.07, 6.45) is 0.672. The maximum Gasteiger partial charge on any atom is 0.175 e. The molecule has 0 saturated heterocycles. The molecule has 15 nitrogen and oxygen atoms in total. The van der Waals surface area contributed by atoms with Crippen molar-refractivity contribution in [3.63, 3.8) is 0 Å². The lowest BCUT2D eigenvalue weighted by molar-refractivity contribution is 0.104. The summed E-state index contributed by atoms with van der Waals surface area (Å²) >= 11 is 0. The van der Waals surface area contributed by atoms with E-state index in [1.807, 2.05) is 0 Å². The van der Waals surface area contributed by atoms with Crippen LogP contribution in [0.15, 0.2) is 12.7 Å². The summed E-state index contributed by atoms with van der Waals surface area (Å²) in [7, 11) is 0. The minimum atomic E-state index is -0.914. The van der Waals surface area contributed by atoms with Crippen LogP contribution >= 0.6 is 0 Å². The fourth-order valence-electron chi connectivity index (χ4n) is 5.86. The second-order valence-corrected chi connectivity index (χ2v) is 12.1. The van der Waals surface area contributed by atoms with Crippen LogP contribution in [0.4, 0.5) is 68.2 Å². The van der Waals surface area contributed by atoms with Crippen molar-refractivity contribution in [1.82, 2.24) is 0 Å². The summed E-state index contributed by atoms with van der Waals surface area (Å²) in [5.74, 6) is 0.806. The van der Waals surface area contributed by atoms with Crippen LogP contribution in [0.1, 0.15) is 50.6 Å². The van der Waals surface area contributed by atoms with Gasteiger partial charge in [0.05, 0.1) is 63.5 Å². The van der Waals surface area contributed by atoms with Crippen molar-refractivity contribution < 1.29 is 14.2 Å². The molecule has 4 rings (SSSR count). The molecule has 0 aliphatic carbocycles. The average molecular weight is 673 g/mol. The molecule has 0 aromatic heterocycles. The highest BCUT2D eigenvalue weighted by Gasteiger charge is 2.32. The number of benzene rings is 4. The van der Waals surface area contributed by atoms with E-state index >= 15 is 0 Å². The average Bonchev–Trinajstić information content (AvgIpc) is 3.07. The Hall–Kier alpha value is -6.22. The van der Waals surface area contributed by atoms with E-state index in [9.17, 15) is 0 Å². The standard InChI is InChI=1S/C34H48N12O3/c1-8-9-47-32(16-10(2)22(39)33(23(40)11(16)3)48-30-14(6)20(37)26(43)21(38)15(30)7)17-18(35)13(5)31(28(45)25(17)42)49-34-24(41)12(4)19(36)27(44)29(34)46/h8,32H,1,9,35-46H2,2-7H3. The Morgan fingerprint density at radius 3 is 1.31 bits per heavy atom. The minimum Gasteiger partial charge on any atom is -0.452 e. The predicted molar refractivity (Wildman–Crippen MR) is 205 cm³/mol. The quantitative estimate of drug-likeness (QED) is 0.0865. The third-order valence-electron chi connectivity index (χ3n) is 9.23. The van der Waals surface area contributed by atoms with Crippen molar-refractivity contribution in [2.75, 3.05) is 75.4 Å². The number of rotatable bonds is 9. The first-order valence-electron chi connectivity index (χ1n) is 15.2. The van der Waals surface area contributed by atoms with Gasteiger partial charge in [0, 0.05) is 33.5 Å². The zero-order valence-electron chi connectivity index (χ0n) is 28.7. The third kappa shape index (κ3) is 5.49. The first-order valence-corrected chi connectivity index (χ1v) is 15.2. The van der Waals surface area contributed by atoms with Crippen molar-refractivity contribution in [3.8, 4) is 23.0 Å². The van der Waals surface area contributed by atoms with E-state index in [0.717, 1.165) is 0 Å². The lowest BCUT2D eigenvalue weighted by atomic mass is 9.87. The van der Waals surface area contributed by atoms with E-state index in [0.29, 0.717) is 61.6 Å². The Balaban J connectivity index is 1.94. The van der Waals surface area contributed by atoms with Gasteiger partial charge in [0.15, 0.2) is 17.2 Å². The molecule has 0 bridgehead atoms. The Morgan fingerprint density at radius 2 is 0.796 bits per heavy atom. The van der Waals surface area contributed by atoms with Gasteiger partial charge >= 0.3 is 0 Å². The van der Waals surface area contributed by atoms with Crippen LogP contribution in [-0.2, 0) is 4.74 Å². The zero-order chi connectivity index (χ0) is 37.0. The monoisotopic (exact) mass is 672 g/mol. The molecule has 0 aliphatic heterocycles. The van der Waals surface area contributed by atoms with Crippen LogP contribution in [0.2, 0.25) is 0 Å². The van der Waals surface area contributed by atoms with Crippen LogP contribution in [0.5, 0.6) is 23.0 Å². The van der Waals surface area contributed by atoms with Crippen molar-refractivity contribution in [3.05, 3.63) is 57.2 Å². The highest BCUT2D eigenvalue weighted by Crippen LogP contribution is 2.53. The van der Waals surface area contributed by atoms with E-state index < -0.39 is 6.10 Å². The number of nitrogen functional groups attached to an aromatic ring is 12. The topological polar surface area (TPSA) is 340 Å². The van der Waals surface area contributed by atoms with Gasteiger partial charge in [-0.05, 0) is 58.2 Å². The van der Waals surface area contributed by atoms with Gasteiger partial charge in [-0.3, -0.25) is 0 Å². The summed E-state index contributed by atoms with van der Waals surface area (Å²) in [5, 5.41) is 0. The van der Waals surface area contributed by atoms with E-state index in [1.165, 1.54) is 0 Å². The maximum atomic E-state index is 6.81. The molecule has 0 fully saturated rings. The van der Waals surface area contributed by atoms with E-state index in [2.05, 4.69) is 6.58 Å². The number of anilines is 12. The normalized spacial score (nSPS) is 11.8. The fourth-order valence-corrected chi connectivity index (χ4v) is 5.86. The van der Waals surface area contributed by atoms with Crippen LogP contribution < -0.4 is 78.3 Å². The Bertz CT molecular complexity index is 1790. The summed E-state index contributed by atoms with van der Waals surface area (Å²) in [6.45, 7) is 14.5. The molecule has 49 heavy (non-hydrogen) atoms. The molecule has 0 saturated carbocycles. The number of nitrogens with two attached hydrogens (primary N) is 12. The lowest BCUT2D eigenvalue weighted by Crippen LogP contribution is -2.19. The summed E-state index contributed by atoms with van der Waals surface area (Å²) in [4.78, 5) is 0. The first-order chi connectivity index (χ1) is 22.8. The Labute approximate surface area is 285 Å². The van der Waals surface area contributed by atoms with Crippen molar-refractivity contribution in [2.45, 2.75) is 47.6 Å². The second-order valence-electron chi connectivity index (χ2n) is 12.1. The molecule has 262 valence electrons. The molecule has 1 unspecified atom stereocenters. The van der Waals surface area contributed by atoms with Crippen LogP contribution in [-0.4, -0.2) is 6.61 Å². The van der Waals surface area contributed by atoms with Gasteiger partial charge in [0.25, 0.3) is 0 Å². The molecule has 4 aromatic carbocycles. The molecule has 4 aromatic rings. The van der Waals surface area contributed by atoms with Gasteiger partial charge in [-0.2, -0.15) is 0 Å². The number of hydrogen-bond acceptors (Lipinski definition) is 15. The third-order valence-corrected chi connectivity index (χ3v) is 9.23. The molecular weight excluding hydrogens is 624 g/mol. The molecule has 0 spiro atoms. The van der Waals surface area contributed by atoms with Crippen molar-refractivity contribution >= 4 is 68.2 Å². The van der Waals surface area contributed by atoms with Crippen LogP contribution in [0, 0.1) is 41.5 Å². The zero-order valence-corrected chi connectivity index (χ0v) is 28.7. The van der Waals surface area contributed by atoms with Crippen molar-refractivity contribution in [2.24, 2.45) is 0 Å². The highest BCUT2D eigenvalue weighted by molar-refractivity contribution is 5.93. The van der Waals surface area contributed by atoms with Gasteiger partial charge < -0.3 is 83.0 Å². The largest absolute Gasteiger partial charge is 0.452 e. The maximum absolute atomic E-state index is 6.81. The summed E-state index contributed by atoms with van der Waals surface area (Å²) in [6, 6.07) is 0. The van der Waals surface area contributed by atoms with Crippen molar-refractivity contribution in [1.29, 1.82) is 0 Å². The molecule has 0 amide bonds. The molecule has 1 atom stereocenters. The highest BCUT2D eigenvalue weighted by atomic mass is 16.5. The van der Waals surface area contributed by atoms with Gasteiger partial charge in [-0.25, -0.2) is 0 Å². The van der Waals surface area contributed by atoms with Gasteiger partial charge in [0.2, 0.25) is 0 Å². The van der Waals surface area contributed by atoms with E-state index in [-0.39, 0.29) is 80.7 Å². The van der Waals surface area contributed by atoms with Crippen LogP contribution in [0.3, 0.4) is 0 Å². The van der Waals surface area contributed by atoms with E-state index in [1.54, 1.807) is 47.6 Å². The van der Waals surface area contributed by atoms with Gasteiger partial charge in [-0.1, -0.05) is 6.08 Å². The second kappa shape index (κ2) is 12.8. The van der Waals surface area contributed by atoms with Gasteiger partial charge in [-0.15, -0.1) is 6.58 Å². The lowest BCUT2D eigenvalue weighted by Gasteiger charge is -2.30. The molecule has 0 radical (unpaired) electrons. The molecule has 15 heteroatoms. The Morgan fingerprint density at radius 1 is 0.408 bits per heavy atom. The minimum absolute atomic E-state index is 0.0436. The molecule has 24 N–H and O–H groups in total. The fraction of sp³-hybridized carbons (Fsp3) is 0.235. The number of hydrogen-bond donors (Lipinski definition) is 12. The smallest absolute Gasteiger partial charge is 0.175 e. The SMILES string of the molecule is C=CCOC(c1c(C)c(N)c(Oc2c(C)c(N)c(N)c(N)c2C)c(N)c1C)c1c(N)c(C)c(Oc2c(N)c(C)c(N)c(N)c2N)c(N)c1N. The number of ether oxygens (including phenoxy) is 3. The molecule has 0 aliphatic rings. The van der Waals surface area contributed by atoms with E-state index in [4.69, 9.17) is 83.0 Å². The predicted octanol–water partition coefficient (Wildman–Crippen LogP) is 4.40. The Kier molecular flexibility index (Phi) is 9.28. The van der Waals surface area contributed by atoms with Crippen LogP contribution in [0.25, 0.3) is 0 Å². The summed E-state index contributed by atoms with van der Waals surface area (Å²) in [5.41, 5.74) is 83.5. The van der Waals surface area contributed by atoms with Gasteiger partial charge in [0.1, 0.15) is 17.5 Å². The molecule has 0 heterocycles.